The maximum atomic E-state index is 11.8. The lowest BCUT2D eigenvalue weighted by molar-refractivity contribution is -0.123. The molecular weight excluding hydrogens is 202 g/mol. The third-order valence-electron chi connectivity index (χ3n) is 1.87. The van der Waals surface area contributed by atoms with Crippen LogP contribution in [0.4, 0.5) is 8.78 Å². The number of benzene rings is 1. The highest BCUT2D eigenvalue weighted by atomic mass is 19.3. The Morgan fingerprint density at radius 1 is 1.33 bits per heavy atom. The molecule has 5 heteroatoms. The average Bonchev–Trinajstić information content (AvgIpc) is 2.26. The fourth-order valence-corrected chi connectivity index (χ4v) is 1.10. The topological polar surface area (TPSA) is 55.1 Å². The molecule has 3 nitrogen and oxygen atoms in total. The summed E-state index contributed by atoms with van der Waals surface area (Å²) in [7, 11) is 0. The van der Waals surface area contributed by atoms with Gasteiger partial charge in [0.2, 0.25) is 5.91 Å². The number of carbonyl (C=O) groups excluding carboxylic acids is 1. The number of halogens is 2. The summed E-state index contributed by atoms with van der Waals surface area (Å²) < 4.78 is 23.6. The van der Waals surface area contributed by atoms with Crippen molar-refractivity contribution in [3.05, 3.63) is 35.9 Å². The molecule has 1 amide bonds. The molecule has 0 spiro atoms. The van der Waals surface area contributed by atoms with E-state index in [0.717, 1.165) is 0 Å². The van der Waals surface area contributed by atoms with Crippen molar-refractivity contribution in [2.24, 2.45) is 5.73 Å². The van der Waals surface area contributed by atoms with E-state index in [0.29, 0.717) is 5.56 Å². The van der Waals surface area contributed by atoms with Crippen molar-refractivity contribution in [3.63, 3.8) is 0 Å². The van der Waals surface area contributed by atoms with Crippen molar-refractivity contribution in [2.75, 3.05) is 6.54 Å². The second kappa shape index (κ2) is 5.41. The standard InChI is InChI=1S/C10H12F2N2O/c11-8(12)6-14-10(15)9(13)7-4-2-1-3-5-7/h1-5,8-9H,6,13H2,(H,14,15). The van der Waals surface area contributed by atoms with Crippen molar-refractivity contribution < 1.29 is 13.6 Å². The molecule has 82 valence electrons. The average molecular weight is 214 g/mol. The van der Waals surface area contributed by atoms with E-state index in [1.54, 1.807) is 30.3 Å². The molecule has 1 aromatic rings. The maximum absolute atomic E-state index is 11.8. The van der Waals surface area contributed by atoms with Crippen molar-refractivity contribution in [2.45, 2.75) is 12.5 Å². The Balaban J connectivity index is 2.54. The fourth-order valence-electron chi connectivity index (χ4n) is 1.10. The molecule has 0 aliphatic rings. The summed E-state index contributed by atoms with van der Waals surface area (Å²) in [6, 6.07) is 7.70. The predicted octanol–water partition coefficient (Wildman–Crippen LogP) is 1.07. The Kier molecular flexibility index (Phi) is 4.17. The maximum Gasteiger partial charge on any atom is 0.255 e. The van der Waals surface area contributed by atoms with Gasteiger partial charge < -0.3 is 11.1 Å². The Hall–Kier alpha value is -1.49. The molecule has 0 fully saturated rings. The zero-order valence-electron chi connectivity index (χ0n) is 7.99. The van der Waals surface area contributed by atoms with Crippen LogP contribution in [0.25, 0.3) is 0 Å². The summed E-state index contributed by atoms with van der Waals surface area (Å²) in [5, 5.41) is 2.07. The first kappa shape index (κ1) is 11.6. The van der Waals surface area contributed by atoms with Gasteiger partial charge in [0.1, 0.15) is 6.04 Å². The number of hydrogen-bond acceptors (Lipinski definition) is 2. The van der Waals surface area contributed by atoms with Gasteiger partial charge in [-0.05, 0) is 5.56 Å². The highest BCUT2D eigenvalue weighted by Crippen LogP contribution is 2.09. The predicted molar refractivity (Wildman–Crippen MR) is 52.4 cm³/mol. The van der Waals surface area contributed by atoms with Crippen LogP contribution in [-0.4, -0.2) is 18.9 Å². The van der Waals surface area contributed by atoms with E-state index in [-0.39, 0.29) is 0 Å². The van der Waals surface area contributed by atoms with E-state index in [9.17, 15) is 13.6 Å². The quantitative estimate of drug-likeness (QED) is 0.787. The third-order valence-corrected chi connectivity index (χ3v) is 1.87. The minimum Gasteiger partial charge on any atom is -0.349 e. The molecule has 0 aliphatic heterocycles. The van der Waals surface area contributed by atoms with Crippen LogP contribution in [0.5, 0.6) is 0 Å². The van der Waals surface area contributed by atoms with Gasteiger partial charge in [-0.15, -0.1) is 0 Å². The molecular formula is C10H12F2N2O. The second-order valence-corrected chi connectivity index (χ2v) is 3.02. The first-order valence-electron chi connectivity index (χ1n) is 4.47. The SMILES string of the molecule is NC(C(=O)NCC(F)F)c1ccccc1. The zero-order chi connectivity index (χ0) is 11.3. The van der Waals surface area contributed by atoms with Crippen LogP contribution >= 0.6 is 0 Å². The fraction of sp³-hybridized carbons (Fsp3) is 0.300. The van der Waals surface area contributed by atoms with Crippen molar-refractivity contribution in [1.82, 2.24) is 5.32 Å². The molecule has 0 saturated heterocycles. The molecule has 0 bridgehead atoms. The van der Waals surface area contributed by atoms with E-state index < -0.39 is 24.9 Å². The van der Waals surface area contributed by atoms with E-state index in [1.807, 2.05) is 0 Å². The summed E-state index contributed by atoms with van der Waals surface area (Å²) >= 11 is 0. The summed E-state index contributed by atoms with van der Waals surface area (Å²) in [5.74, 6) is -0.596. The van der Waals surface area contributed by atoms with Crippen LogP contribution in [0.3, 0.4) is 0 Å². The lowest BCUT2D eigenvalue weighted by Gasteiger charge is -2.11. The van der Waals surface area contributed by atoms with E-state index in [2.05, 4.69) is 5.32 Å². The summed E-state index contributed by atoms with van der Waals surface area (Å²) in [6.45, 7) is -0.667. The van der Waals surface area contributed by atoms with Crippen LogP contribution < -0.4 is 11.1 Å². The third kappa shape index (κ3) is 3.63. The normalized spacial score (nSPS) is 12.5. The number of alkyl halides is 2. The number of nitrogens with one attached hydrogen (secondary N) is 1. The molecule has 0 aliphatic carbocycles. The molecule has 3 N–H and O–H groups in total. The number of nitrogens with two attached hydrogens (primary N) is 1. The number of amides is 1. The minimum atomic E-state index is -2.56. The van der Waals surface area contributed by atoms with Crippen LogP contribution in [0.1, 0.15) is 11.6 Å². The molecule has 0 heterocycles. The van der Waals surface area contributed by atoms with Gasteiger partial charge in [-0.3, -0.25) is 4.79 Å². The monoisotopic (exact) mass is 214 g/mol. The second-order valence-electron chi connectivity index (χ2n) is 3.02. The van der Waals surface area contributed by atoms with Crippen LogP contribution in [0, 0.1) is 0 Å². The molecule has 15 heavy (non-hydrogen) atoms. The van der Waals surface area contributed by atoms with E-state index >= 15 is 0 Å². The van der Waals surface area contributed by atoms with Crippen molar-refractivity contribution >= 4 is 5.91 Å². The van der Waals surface area contributed by atoms with E-state index in [1.165, 1.54) is 0 Å². The lowest BCUT2D eigenvalue weighted by atomic mass is 10.1. The molecule has 0 aromatic heterocycles. The molecule has 1 unspecified atom stereocenters. The smallest absolute Gasteiger partial charge is 0.255 e. The van der Waals surface area contributed by atoms with Crippen molar-refractivity contribution in [1.29, 1.82) is 0 Å². The lowest BCUT2D eigenvalue weighted by Crippen LogP contribution is -2.36. The van der Waals surface area contributed by atoms with Crippen LogP contribution in [0.2, 0.25) is 0 Å². The zero-order valence-corrected chi connectivity index (χ0v) is 7.99. The Labute approximate surface area is 86.3 Å². The molecule has 1 aromatic carbocycles. The number of carbonyl (C=O) groups is 1. The first-order valence-corrected chi connectivity index (χ1v) is 4.47. The van der Waals surface area contributed by atoms with Crippen molar-refractivity contribution in [3.8, 4) is 0 Å². The highest BCUT2D eigenvalue weighted by Gasteiger charge is 2.16. The minimum absolute atomic E-state index is 0.596. The first-order chi connectivity index (χ1) is 7.11. The Bertz CT molecular complexity index is 316. The largest absolute Gasteiger partial charge is 0.349 e. The highest BCUT2D eigenvalue weighted by molar-refractivity contribution is 5.82. The summed E-state index contributed by atoms with van der Waals surface area (Å²) in [6.07, 6.45) is -2.56. The van der Waals surface area contributed by atoms with Gasteiger partial charge in [-0.1, -0.05) is 30.3 Å². The van der Waals surface area contributed by atoms with Gasteiger partial charge in [-0.2, -0.15) is 0 Å². The Morgan fingerprint density at radius 2 is 1.93 bits per heavy atom. The molecule has 0 saturated carbocycles. The van der Waals surface area contributed by atoms with Gasteiger partial charge in [-0.25, -0.2) is 8.78 Å². The Morgan fingerprint density at radius 3 is 2.47 bits per heavy atom. The van der Waals surface area contributed by atoms with Gasteiger partial charge in [0.25, 0.3) is 6.43 Å². The molecule has 1 atom stereocenters. The number of hydrogen-bond donors (Lipinski definition) is 2. The van der Waals surface area contributed by atoms with Gasteiger partial charge in [0, 0.05) is 0 Å². The summed E-state index contributed by atoms with van der Waals surface area (Å²) in [5.41, 5.74) is 6.17. The van der Waals surface area contributed by atoms with E-state index in [4.69, 9.17) is 5.73 Å². The molecule has 0 radical (unpaired) electrons. The molecule has 1 rings (SSSR count). The van der Waals surface area contributed by atoms with Crippen LogP contribution in [-0.2, 0) is 4.79 Å². The van der Waals surface area contributed by atoms with Crippen LogP contribution in [0.15, 0.2) is 30.3 Å². The van der Waals surface area contributed by atoms with Gasteiger partial charge >= 0.3 is 0 Å². The van der Waals surface area contributed by atoms with Gasteiger partial charge in [0.05, 0.1) is 6.54 Å². The number of rotatable bonds is 4. The van der Waals surface area contributed by atoms with Gasteiger partial charge in [0.15, 0.2) is 0 Å². The summed E-state index contributed by atoms with van der Waals surface area (Å²) in [4.78, 5) is 11.3.